The van der Waals surface area contributed by atoms with Crippen molar-refractivity contribution in [1.29, 1.82) is 0 Å². The number of likely N-dealkylation sites (tertiary alicyclic amines) is 1. The van der Waals surface area contributed by atoms with E-state index in [0.29, 0.717) is 24.3 Å². The number of hydrogen-bond donors (Lipinski definition) is 2. The van der Waals surface area contributed by atoms with E-state index in [1.807, 2.05) is 42.3 Å². The van der Waals surface area contributed by atoms with Gasteiger partial charge in [0, 0.05) is 25.2 Å². The van der Waals surface area contributed by atoms with Crippen LogP contribution in [0.3, 0.4) is 0 Å². The van der Waals surface area contributed by atoms with Gasteiger partial charge in [-0.3, -0.25) is 9.69 Å². The molecule has 2 saturated carbocycles. The highest BCUT2D eigenvalue weighted by Crippen LogP contribution is 2.66. The van der Waals surface area contributed by atoms with E-state index in [1.165, 1.54) is 18.4 Å². The van der Waals surface area contributed by atoms with Gasteiger partial charge in [-0.2, -0.15) is 4.99 Å². The topological polar surface area (TPSA) is 85.6 Å². The second kappa shape index (κ2) is 8.62. The van der Waals surface area contributed by atoms with Crippen molar-refractivity contribution in [2.75, 3.05) is 20.1 Å². The van der Waals surface area contributed by atoms with Gasteiger partial charge in [0.15, 0.2) is 11.5 Å². The normalized spacial score (nSPS) is 32.6. The molecule has 38 heavy (non-hydrogen) atoms. The second-order valence-corrected chi connectivity index (χ2v) is 12.1. The zero-order valence-corrected chi connectivity index (χ0v) is 22.4. The maximum atomic E-state index is 13.6. The highest BCUT2D eigenvalue weighted by Gasteiger charge is 2.73. The average Bonchev–Trinajstić information content (AvgIpc) is 3.64. The molecule has 3 aliphatic carbocycles. The van der Waals surface area contributed by atoms with Crippen molar-refractivity contribution in [2.45, 2.75) is 74.1 Å². The predicted octanol–water partition coefficient (Wildman–Crippen LogP) is 3.76. The number of carbonyl (C=O) groups is 1. The van der Waals surface area contributed by atoms with E-state index in [4.69, 9.17) is 17.0 Å². The number of aliphatic imine (C=N–C) groups is 1. The van der Waals surface area contributed by atoms with Crippen LogP contribution in [0.4, 0.5) is 5.69 Å². The summed E-state index contributed by atoms with van der Waals surface area (Å²) in [7, 11) is 1.85. The van der Waals surface area contributed by atoms with Crippen molar-refractivity contribution in [3.8, 4) is 11.5 Å². The summed E-state index contributed by atoms with van der Waals surface area (Å²) >= 11 is 4.73. The third kappa shape index (κ3) is 3.37. The molecule has 5 aliphatic rings. The number of piperidine rings is 1. The van der Waals surface area contributed by atoms with Crippen LogP contribution in [0.2, 0.25) is 0 Å². The number of aromatic hydroxyl groups is 1. The van der Waals surface area contributed by atoms with Gasteiger partial charge in [-0.1, -0.05) is 18.2 Å². The molecule has 0 aromatic heterocycles. The van der Waals surface area contributed by atoms with E-state index in [0.717, 1.165) is 43.0 Å². The molecule has 7 nitrogen and oxygen atoms in total. The maximum Gasteiger partial charge on any atom is 0.227 e. The van der Waals surface area contributed by atoms with Gasteiger partial charge in [-0.15, -0.1) is 0 Å². The minimum atomic E-state index is -0.954. The summed E-state index contributed by atoms with van der Waals surface area (Å²) in [6, 6.07) is 11.0. The van der Waals surface area contributed by atoms with Gasteiger partial charge in [0.25, 0.3) is 0 Å². The highest BCUT2D eigenvalue weighted by atomic mass is 32.1. The summed E-state index contributed by atoms with van der Waals surface area (Å²) in [6.07, 6.45) is 5.17. The molecule has 2 unspecified atom stereocenters. The molecule has 1 saturated heterocycles. The number of benzene rings is 2. The molecule has 7 rings (SSSR count). The number of rotatable bonds is 6. The van der Waals surface area contributed by atoms with Crippen LogP contribution in [0.15, 0.2) is 41.4 Å². The summed E-state index contributed by atoms with van der Waals surface area (Å²) in [6.45, 7) is 1.94. The van der Waals surface area contributed by atoms with Crippen molar-refractivity contribution in [3.05, 3.63) is 53.1 Å². The van der Waals surface area contributed by atoms with Crippen molar-refractivity contribution >= 4 is 29.0 Å². The highest BCUT2D eigenvalue weighted by molar-refractivity contribution is 7.78. The Morgan fingerprint density at radius 2 is 2.11 bits per heavy atom. The number of amides is 1. The molecule has 2 N–H and O–H groups in total. The first-order valence-electron chi connectivity index (χ1n) is 13.8. The number of ether oxygens (including phenoxy) is 1. The molecule has 2 heterocycles. The minimum Gasteiger partial charge on any atom is -0.504 e. The summed E-state index contributed by atoms with van der Waals surface area (Å²) in [4.78, 5) is 22.0. The molecule has 5 atom stereocenters. The Hall–Kier alpha value is -2.77. The molecule has 2 aromatic rings. The van der Waals surface area contributed by atoms with Crippen LogP contribution in [0.1, 0.15) is 48.8 Å². The fourth-order valence-corrected chi connectivity index (χ4v) is 8.23. The lowest BCUT2D eigenvalue weighted by atomic mass is 9.48. The fraction of sp³-hybridized carbons (Fsp3) is 0.533. The maximum absolute atomic E-state index is 13.6. The fourth-order valence-electron chi connectivity index (χ4n) is 8.12. The Morgan fingerprint density at radius 1 is 1.26 bits per heavy atom. The van der Waals surface area contributed by atoms with Gasteiger partial charge in [-0.05, 0) is 92.5 Å². The van der Waals surface area contributed by atoms with E-state index in [1.54, 1.807) is 6.07 Å². The Balaban J connectivity index is 1.24. The summed E-state index contributed by atoms with van der Waals surface area (Å²) in [5.41, 5.74) is 2.11. The van der Waals surface area contributed by atoms with Crippen LogP contribution in [-0.2, 0) is 23.1 Å². The van der Waals surface area contributed by atoms with Gasteiger partial charge in [0.05, 0.1) is 34.3 Å². The molecule has 3 fully saturated rings. The van der Waals surface area contributed by atoms with Gasteiger partial charge >= 0.3 is 0 Å². The lowest BCUT2D eigenvalue weighted by Gasteiger charge is -2.64. The average molecular weight is 532 g/mol. The van der Waals surface area contributed by atoms with Crippen LogP contribution >= 0.6 is 12.2 Å². The lowest BCUT2D eigenvalue weighted by Crippen LogP contribution is -2.78. The van der Waals surface area contributed by atoms with E-state index < -0.39 is 17.1 Å². The van der Waals surface area contributed by atoms with Crippen molar-refractivity contribution in [2.24, 2.45) is 10.9 Å². The first-order valence-corrected chi connectivity index (χ1v) is 14.2. The minimum absolute atomic E-state index is 0.0112. The monoisotopic (exact) mass is 531 g/mol. The molecule has 198 valence electrons. The molecule has 0 radical (unpaired) electrons. The van der Waals surface area contributed by atoms with Gasteiger partial charge in [0.1, 0.15) is 6.10 Å². The Morgan fingerprint density at radius 3 is 2.89 bits per heavy atom. The van der Waals surface area contributed by atoms with E-state index in [9.17, 15) is 15.0 Å². The third-order valence-corrected chi connectivity index (χ3v) is 10.2. The second-order valence-electron chi connectivity index (χ2n) is 12.0. The van der Waals surface area contributed by atoms with Crippen molar-refractivity contribution < 1.29 is 19.7 Å². The quantitative estimate of drug-likeness (QED) is 0.436. The van der Waals surface area contributed by atoms with Crippen LogP contribution < -0.4 is 4.74 Å². The van der Waals surface area contributed by atoms with Crippen LogP contribution in [0.25, 0.3) is 0 Å². The number of aliphatic hydroxyl groups is 1. The first-order chi connectivity index (χ1) is 18.4. The summed E-state index contributed by atoms with van der Waals surface area (Å²) < 4.78 is 6.63. The number of likely N-dealkylation sites (N-methyl/N-ethyl adjacent to an activating group) is 1. The van der Waals surface area contributed by atoms with Crippen molar-refractivity contribution in [3.63, 3.8) is 0 Å². The molecule has 8 heteroatoms. The number of hydrogen-bond acceptors (Lipinski definition) is 7. The molecular weight excluding hydrogens is 498 g/mol. The third-order valence-electron chi connectivity index (χ3n) is 10.1. The molecular formula is C30H33N3O4S. The van der Waals surface area contributed by atoms with Crippen LogP contribution in [0, 0.1) is 5.92 Å². The SMILES string of the molecule is CN(C(=O)Cc1cccc(N=C=S)c1)C1CC[C@@]2(O)[C@H]3Cc4ccc(O)c5c4[C@@]2(CCN3CC2CC2)C1O5. The molecule has 2 bridgehead atoms. The summed E-state index contributed by atoms with van der Waals surface area (Å²) in [5.74, 6) is 1.37. The molecule has 1 spiro atoms. The van der Waals surface area contributed by atoms with Crippen LogP contribution in [0.5, 0.6) is 11.5 Å². The van der Waals surface area contributed by atoms with E-state index >= 15 is 0 Å². The molecule has 2 aromatic carbocycles. The Bertz CT molecular complexity index is 1370. The zero-order chi connectivity index (χ0) is 26.2. The number of carbonyl (C=O) groups excluding carboxylic acids is 1. The summed E-state index contributed by atoms with van der Waals surface area (Å²) in [5, 5.41) is 25.9. The Kier molecular flexibility index (Phi) is 5.51. The largest absolute Gasteiger partial charge is 0.504 e. The van der Waals surface area contributed by atoms with Crippen LogP contribution in [-0.4, -0.2) is 75.0 Å². The standard InChI is InChI=1S/C30H33N3O4S/c1-32(25(35)14-19-3-2-4-21(13-19)31-17-38)22-9-10-30(36)24-15-20-7-8-23(34)27-26(20)29(30,28(22)37-27)11-12-33(24)16-18-5-6-18/h2-4,7-8,13,18,22,24,28,34,36H,5-6,9-12,14-16H2,1H3/t22?,24-,28?,29+,30-/m1/s1. The number of nitrogens with zero attached hydrogens (tertiary/aromatic N) is 3. The number of phenolic OH excluding ortho intramolecular Hbond substituents is 1. The van der Waals surface area contributed by atoms with Gasteiger partial charge in [-0.25, -0.2) is 0 Å². The lowest BCUT2D eigenvalue weighted by molar-refractivity contribution is -0.200. The number of isothiocyanates is 1. The smallest absolute Gasteiger partial charge is 0.227 e. The Labute approximate surface area is 228 Å². The van der Waals surface area contributed by atoms with E-state index in [-0.39, 0.29) is 30.2 Å². The first kappa shape index (κ1) is 24.3. The van der Waals surface area contributed by atoms with E-state index in [2.05, 4.69) is 15.1 Å². The number of thiocarbonyl (C=S) groups is 1. The van der Waals surface area contributed by atoms with Gasteiger partial charge < -0.3 is 19.8 Å². The molecule has 1 amide bonds. The zero-order valence-electron chi connectivity index (χ0n) is 21.6. The van der Waals surface area contributed by atoms with Crippen molar-refractivity contribution in [1.82, 2.24) is 9.80 Å². The number of phenols is 1. The van der Waals surface area contributed by atoms with Gasteiger partial charge in [0.2, 0.25) is 5.91 Å². The molecule has 2 aliphatic heterocycles. The predicted molar refractivity (Wildman–Crippen MR) is 146 cm³/mol.